The number of hydrogen-bond acceptors (Lipinski definition) is 3. The third kappa shape index (κ3) is 3.52. The van der Waals surface area contributed by atoms with Crippen LogP contribution in [0.1, 0.15) is 32.6 Å². The van der Waals surface area contributed by atoms with Crippen molar-refractivity contribution in [1.29, 1.82) is 0 Å². The standard InChI is InChI=1S/C15H24N2O2S/c1-12(10-13-6-4-7-13)16-14-8-5-9-15(11-14)20(18,19)17(2)3/h5,8-9,11-13,16H,4,6-7,10H2,1-3H3. The third-order valence-corrected chi connectivity index (χ3v) is 5.75. The van der Waals surface area contributed by atoms with Gasteiger partial charge >= 0.3 is 0 Å². The molecule has 0 bridgehead atoms. The summed E-state index contributed by atoms with van der Waals surface area (Å²) >= 11 is 0. The number of sulfonamides is 1. The number of hydrogen-bond donors (Lipinski definition) is 1. The minimum Gasteiger partial charge on any atom is -0.383 e. The minimum absolute atomic E-state index is 0.336. The average Bonchev–Trinajstić information content (AvgIpc) is 2.34. The van der Waals surface area contributed by atoms with E-state index in [0.29, 0.717) is 10.9 Å². The van der Waals surface area contributed by atoms with Crippen molar-refractivity contribution in [2.24, 2.45) is 5.92 Å². The zero-order chi connectivity index (χ0) is 14.8. The molecule has 1 N–H and O–H groups in total. The first-order chi connectivity index (χ1) is 9.39. The summed E-state index contributed by atoms with van der Waals surface area (Å²) in [5.41, 5.74) is 0.875. The second kappa shape index (κ2) is 6.14. The van der Waals surface area contributed by atoms with Crippen molar-refractivity contribution in [1.82, 2.24) is 4.31 Å². The van der Waals surface area contributed by atoms with Gasteiger partial charge < -0.3 is 5.32 Å². The maximum absolute atomic E-state index is 12.1. The van der Waals surface area contributed by atoms with Gasteiger partial charge in [0.15, 0.2) is 0 Å². The summed E-state index contributed by atoms with van der Waals surface area (Å²) in [6.07, 6.45) is 5.18. The quantitative estimate of drug-likeness (QED) is 0.878. The van der Waals surface area contributed by atoms with Crippen LogP contribution in [0, 0.1) is 5.92 Å². The lowest BCUT2D eigenvalue weighted by atomic mass is 9.81. The molecule has 1 atom stereocenters. The predicted octanol–water partition coefficient (Wildman–Crippen LogP) is 2.93. The number of nitrogens with zero attached hydrogens (tertiary/aromatic N) is 1. The Morgan fingerprint density at radius 3 is 2.60 bits per heavy atom. The van der Waals surface area contributed by atoms with Gasteiger partial charge in [0.2, 0.25) is 10.0 Å². The highest BCUT2D eigenvalue weighted by Crippen LogP contribution is 2.31. The van der Waals surface area contributed by atoms with Gasteiger partial charge in [0.05, 0.1) is 4.90 Å². The molecule has 1 saturated carbocycles. The minimum atomic E-state index is -3.36. The van der Waals surface area contributed by atoms with Crippen LogP contribution in [0.3, 0.4) is 0 Å². The van der Waals surface area contributed by atoms with E-state index >= 15 is 0 Å². The van der Waals surface area contributed by atoms with E-state index in [9.17, 15) is 8.42 Å². The molecule has 4 nitrogen and oxygen atoms in total. The van der Waals surface area contributed by atoms with Crippen molar-refractivity contribution in [3.63, 3.8) is 0 Å². The smallest absolute Gasteiger partial charge is 0.242 e. The highest BCUT2D eigenvalue weighted by molar-refractivity contribution is 7.89. The summed E-state index contributed by atoms with van der Waals surface area (Å²) in [5, 5.41) is 3.41. The first-order valence-electron chi connectivity index (χ1n) is 7.18. The predicted molar refractivity (Wildman–Crippen MR) is 82.4 cm³/mol. The van der Waals surface area contributed by atoms with Crippen molar-refractivity contribution in [2.45, 2.75) is 43.5 Å². The van der Waals surface area contributed by atoms with Gasteiger partial charge in [-0.1, -0.05) is 25.3 Å². The molecule has 1 aromatic carbocycles. The zero-order valence-corrected chi connectivity index (χ0v) is 13.3. The van der Waals surface area contributed by atoms with Gasteiger partial charge in [0, 0.05) is 25.8 Å². The van der Waals surface area contributed by atoms with Crippen LogP contribution in [-0.2, 0) is 10.0 Å². The maximum atomic E-state index is 12.1. The molecule has 1 aromatic rings. The lowest BCUT2D eigenvalue weighted by Crippen LogP contribution is -2.24. The SMILES string of the molecule is CC(CC1CCC1)Nc1cccc(S(=O)(=O)N(C)C)c1. The van der Waals surface area contributed by atoms with Crippen molar-refractivity contribution in [2.75, 3.05) is 19.4 Å². The second-order valence-corrected chi connectivity index (χ2v) is 8.05. The molecule has 1 fully saturated rings. The summed E-state index contributed by atoms with van der Waals surface area (Å²) in [6, 6.07) is 7.43. The Balaban J connectivity index is 2.05. The molecular formula is C15H24N2O2S. The molecule has 0 radical (unpaired) electrons. The number of rotatable bonds is 6. The fraction of sp³-hybridized carbons (Fsp3) is 0.600. The Labute approximate surface area is 122 Å². The first-order valence-corrected chi connectivity index (χ1v) is 8.62. The van der Waals surface area contributed by atoms with E-state index in [0.717, 1.165) is 18.0 Å². The lowest BCUT2D eigenvalue weighted by Gasteiger charge is -2.29. The molecule has 1 unspecified atom stereocenters. The van der Waals surface area contributed by atoms with E-state index in [-0.39, 0.29) is 0 Å². The van der Waals surface area contributed by atoms with Gasteiger partial charge in [-0.2, -0.15) is 0 Å². The van der Waals surface area contributed by atoms with Crippen LogP contribution in [0.25, 0.3) is 0 Å². The molecule has 0 saturated heterocycles. The molecular weight excluding hydrogens is 272 g/mol. The summed E-state index contributed by atoms with van der Waals surface area (Å²) < 4.78 is 25.4. The molecule has 0 heterocycles. The number of anilines is 1. The van der Waals surface area contributed by atoms with E-state index in [1.165, 1.54) is 23.6 Å². The van der Waals surface area contributed by atoms with Crippen LogP contribution in [0.5, 0.6) is 0 Å². The molecule has 1 aliphatic carbocycles. The zero-order valence-electron chi connectivity index (χ0n) is 12.5. The second-order valence-electron chi connectivity index (χ2n) is 5.89. The summed E-state index contributed by atoms with van der Waals surface area (Å²) in [4.78, 5) is 0.336. The normalized spacial score (nSPS) is 17.8. The fourth-order valence-electron chi connectivity index (χ4n) is 2.53. The van der Waals surface area contributed by atoms with Crippen molar-refractivity contribution in [3.8, 4) is 0 Å². The monoisotopic (exact) mass is 296 g/mol. The van der Waals surface area contributed by atoms with E-state index in [2.05, 4.69) is 12.2 Å². The van der Waals surface area contributed by atoms with E-state index in [1.54, 1.807) is 32.3 Å². The molecule has 20 heavy (non-hydrogen) atoms. The molecule has 112 valence electrons. The Hall–Kier alpha value is -1.07. The first kappa shape index (κ1) is 15.3. The van der Waals surface area contributed by atoms with Crippen LogP contribution < -0.4 is 5.32 Å². The van der Waals surface area contributed by atoms with Gasteiger partial charge in [-0.3, -0.25) is 0 Å². The number of benzene rings is 1. The Morgan fingerprint density at radius 1 is 1.35 bits per heavy atom. The molecule has 2 rings (SSSR count). The Morgan fingerprint density at radius 2 is 2.05 bits per heavy atom. The Kier molecular flexibility index (Phi) is 4.70. The average molecular weight is 296 g/mol. The fourth-order valence-corrected chi connectivity index (χ4v) is 3.48. The topological polar surface area (TPSA) is 49.4 Å². The van der Waals surface area contributed by atoms with Gasteiger partial charge in [-0.05, 0) is 37.5 Å². The highest BCUT2D eigenvalue weighted by Gasteiger charge is 2.21. The highest BCUT2D eigenvalue weighted by atomic mass is 32.2. The van der Waals surface area contributed by atoms with Gasteiger partial charge in [-0.15, -0.1) is 0 Å². The van der Waals surface area contributed by atoms with Crippen LogP contribution >= 0.6 is 0 Å². The molecule has 5 heteroatoms. The molecule has 0 aromatic heterocycles. The van der Waals surface area contributed by atoms with Crippen LogP contribution in [-0.4, -0.2) is 32.9 Å². The van der Waals surface area contributed by atoms with E-state index < -0.39 is 10.0 Å². The van der Waals surface area contributed by atoms with Crippen molar-refractivity contribution in [3.05, 3.63) is 24.3 Å². The molecule has 0 spiro atoms. The Bertz CT molecular complexity index is 551. The van der Waals surface area contributed by atoms with Gasteiger partial charge in [-0.25, -0.2) is 12.7 Å². The van der Waals surface area contributed by atoms with Crippen molar-refractivity contribution < 1.29 is 8.42 Å². The van der Waals surface area contributed by atoms with Gasteiger partial charge in [0.1, 0.15) is 0 Å². The molecule has 1 aliphatic rings. The van der Waals surface area contributed by atoms with Crippen LogP contribution in [0.4, 0.5) is 5.69 Å². The van der Waals surface area contributed by atoms with E-state index in [4.69, 9.17) is 0 Å². The maximum Gasteiger partial charge on any atom is 0.242 e. The number of nitrogens with one attached hydrogen (secondary N) is 1. The third-order valence-electron chi connectivity index (χ3n) is 3.94. The van der Waals surface area contributed by atoms with Crippen molar-refractivity contribution >= 4 is 15.7 Å². The van der Waals surface area contributed by atoms with E-state index in [1.807, 2.05) is 6.07 Å². The summed E-state index contributed by atoms with van der Waals surface area (Å²) in [5.74, 6) is 0.839. The summed E-state index contributed by atoms with van der Waals surface area (Å²) in [7, 11) is -0.258. The summed E-state index contributed by atoms with van der Waals surface area (Å²) in [6.45, 7) is 2.16. The largest absolute Gasteiger partial charge is 0.383 e. The van der Waals surface area contributed by atoms with Gasteiger partial charge in [0.25, 0.3) is 0 Å². The lowest BCUT2D eigenvalue weighted by molar-refractivity contribution is 0.286. The molecule has 0 aliphatic heterocycles. The molecule has 0 amide bonds. The van der Waals surface area contributed by atoms with Crippen LogP contribution in [0.15, 0.2) is 29.2 Å². The van der Waals surface area contributed by atoms with Crippen LogP contribution in [0.2, 0.25) is 0 Å².